The number of benzene rings is 1. The number of nitrogens with zero attached hydrogens (tertiary/aromatic N) is 1. The molecule has 1 N–H and O–H groups in total. The van der Waals surface area contributed by atoms with Gasteiger partial charge in [0.15, 0.2) is 6.61 Å². The molecule has 1 amide bonds. The zero-order valence-electron chi connectivity index (χ0n) is 11.5. The smallest absolute Gasteiger partial charge is 0.260 e. The van der Waals surface area contributed by atoms with Gasteiger partial charge in [0.25, 0.3) is 5.91 Å². The van der Waals surface area contributed by atoms with Gasteiger partial charge in [-0.3, -0.25) is 4.79 Å². The molecule has 0 saturated carbocycles. The Morgan fingerprint density at radius 2 is 2.10 bits per heavy atom. The number of piperazine rings is 1. The summed E-state index contributed by atoms with van der Waals surface area (Å²) in [5.74, 6) is 0.570. The normalized spacial score (nSPS) is 15.9. The Bertz CT molecular complexity index is 471. The standard InChI is InChI=1S/C15H19ClN2O2/c1-2-7-17-8-10-18(11-9-17)15(19)12-20-14-6-4-3-5-13(14)16/h2-6H,1,7-12H2/p+1. The summed E-state index contributed by atoms with van der Waals surface area (Å²) in [5, 5.41) is 0.528. The minimum atomic E-state index is 0.0163. The molecule has 2 rings (SSSR count). The summed E-state index contributed by atoms with van der Waals surface area (Å²) in [5.41, 5.74) is 0. The van der Waals surface area contributed by atoms with Crippen LogP contribution in [0.1, 0.15) is 0 Å². The number of amides is 1. The third-order valence-electron chi connectivity index (χ3n) is 3.44. The molecule has 0 aliphatic carbocycles. The summed E-state index contributed by atoms with van der Waals surface area (Å²) in [6.45, 7) is 8.21. The third-order valence-corrected chi connectivity index (χ3v) is 3.76. The van der Waals surface area contributed by atoms with Crippen LogP contribution in [-0.2, 0) is 4.79 Å². The maximum Gasteiger partial charge on any atom is 0.260 e. The van der Waals surface area contributed by atoms with Gasteiger partial charge in [0.1, 0.15) is 5.75 Å². The van der Waals surface area contributed by atoms with E-state index < -0.39 is 0 Å². The molecular weight excluding hydrogens is 276 g/mol. The van der Waals surface area contributed by atoms with E-state index in [1.807, 2.05) is 23.1 Å². The van der Waals surface area contributed by atoms with Crippen molar-refractivity contribution in [1.82, 2.24) is 4.90 Å². The lowest BCUT2D eigenvalue weighted by Crippen LogP contribution is -3.14. The second kappa shape index (κ2) is 7.31. The molecule has 1 heterocycles. The highest BCUT2D eigenvalue weighted by atomic mass is 35.5. The van der Waals surface area contributed by atoms with Crippen molar-refractivity contribution in [2.45, 2.75) is 0 Å². The first-order valence-corrected chi connectivity index (χ1v) is 7.18. The highest BCUT2D eigenvalue weighted by molar-refractivity contribution is 6.32. The highest BCUT2D eigenvalue weighted by Crippen LogP contribution is 2.22. The average Bonchev–Trinajstić information content (AvgIpc) is 2.47. The van der Waals surface area contributed by atoms with Crippen molar-refractivity contribution in [3.05, 3.63) is 41.9 Å². The largest absolute Gasteiger partial charge is 0.482 e. The van der Waals surface area contributed by atoms with Gasteiger partial charge < -0.3 is 14.5 Å². The van der Waals surface area contributed by atoms with E-state index in [9.17, 15) is 4.79 Å². The summed E-state index contributed by atoms with van der Waals surface area (Å²) >= 11 is 5.98. The van der Waals surface area contributed by atoms with Crippen LogP contribution in [0, 0.1) is 0 Å². The highest BCUT2D eigenvalue weighted by Gasteiger charge is 2.23. The lowest BCUT2D eigenvalue weighted by molar-refractivity contribution is -0.898. The number of hydrogen-bond donors (Lipinski definition) is 1. The molecule has 1 aliphatic heterocycles. The van der Waals surface area contributed by atoms with Gasteiger partial charge in [0.2, 0.25) is 0 Å². The summed E-state index contributed by atoms with van der Waals surface area (Å²) in [6, 6.07) is 7.18. The monoisotopic (exact) mass is 295 g/mol. The number of ether oxygens (including phenoxy) is 1. The first kappa shape index (κ1) is 14.9. The minimum Gasteiger partial charge on any atom is -0.482 e. The van der Waals surface area contributed by atoms with E-state index in [-0.39, 0.29) is 12.5 Å². The summed E-state index contributed by atoms with van der Waals surface area (Å²) < 4.78 is 5.48. The molecule has 1 aromatic rings. The van der Waals surface area contributed by atoms with Crippen LogP contribution in [0.15, 0.2) is 36.9 Å². The van der Waals surface area contributed by atoms with Gasteiger partial charge in [-0.25, -0.2) is 0 Å². The Hall–Kier alpha value is -1.52. The molecule has 0 aromatic heterocycles. The summed E-state index contributed by atoms with van der Waals surface area (Å²) in [6.07, 6.45) is 1.92. The molecule has 0 atom stereocenters. The fourth-order valence-electron chi connectivity index (χ4n) is 2.27. The second-order valence-electron chi connectivity index (χ2n) is 4.84. The lowest BCUT2D eigenvalue weighted by atomic mass is 10.3. The Morgan fingerprint density at radius 1 is 1.40 bits per heavy atom. The van der Waals surface area contributed by atoms with E-state index in [1.54, 1.807) is 12.1 Å². The molecule has 0 radical (unpaired) electrons. The van der Waals surface area contributed by atoms with Crippen LogP contribution in [0.3, 0.4) is 0 Å². The molecule has 1 aliphatic rings. The fraction of sp³-hybridized carbons (Fsp3) is 0.400. The molecule has 1 aromatic carbocycles. The second-order valence-corrected chi connectivity index (χ2v) is 5.25. The van der Waals surface area contributed by atoms with E-state index in [0.29, 0.717) is 10.8 Å². The van der Waals surface area contributed by atoms with Crippen LogP contribution in [0.4, 0.5) is 0 Å². The Labute approximate surface area is 124 Å². The fourth-order valence-corrected chi connectivity index (χ4v) is 2.46. The van der Waals surface area contributed by atoms with Crippen LogP contribution >= 0.6 is 11.6 Å². The van der Waals surface area contributed by atoms with Crippen molar-refractivity contribution in [2.24, 2.45) is 0 Å². The molecule has 5 heteroatoms. The molecule has 4 nitrogen and oxygen atoms in total. The van der Waals surface area contributed by atoms with Crippen molar-refractivity contribution < 1.29 is 14.4 Å². The molecule has 20 heavy (non-hydrogen) atoms. The van der Waals surface area contributed by atoms with E-state index in [4.69, 9.17) is 16.3 Å². The van der Waals surface area contributed by atoms with Gasteiger partial charge in [-0.15, -0.1) is 0 Å². The lowest BCUT2D eigenvalue weighted by Gasteiger charge is -2.31. The topological polar surface area (TPSA) is 34.0 Å². The first-order chi connectivity index (χ1) is 9.70. The van der Waals surface area contributed by atoms with Crippen LogP contribution < -0.4 is 9.64 Å². The molecule has 0 unspecified atom stereocenters. The maximum atomic E-state index is 12.1. The number of nitrogens with one attached hydrogen (secondary N) is 1. The third kappa shape index (κ3) is 3.99. The molecular formula is C15H20ClN2O2+. The molecule has 0 bridgehead atoms. The van der Waals surface area contributed by atoms with Gasteiger partial charge in [-0.2, -0.15) is 0 Å². The SMILES string of the molecule is C=CC[NH+]1CCN(C(=O)COc2ccccc2Cl)CC1. The van der Waals surface area contributed by atoms with Crippen LogP contribution in [0.2, 0.25) is 5.02 Å². The van der Waals surface area contributed by atoms with Crippen LogP contribution in [0.5, 0.6) is 5.75 Å². The van der Waals surface area contributed by atoms with Gasteiger partial charge >= 0.3 is 0 Å². The zero-order chi connectivity index (χ0) is 14.4. The van der Waals surface area contributed by atoms with Crippen molar-refractivity contribution in [3.8, 4) is 5.75 Å². The Morgan fingerprint density at radius 3 is 2.75 bits per heavy atom. The van der Waals surface area contributed by atoms with Crippen molar-refractivity contribution in [1.29, 1.82) is 0 Å². The number of halogens is 1. The van der Waals surface area contributed by atoms with Crippen LogP contribution in [0.25, 0.3) is 0 Å². The van der Waals surface area contributed by atoms with Crippen molar-refractivity contribution in [3.63, 3.8) is 0 Å². The van der Waals surface area contributed by atoms with Gasteiger partial charge in [0, 0.05) is 0 Å². The van der Waals surface area contributed by atoms with Crippen LogP contribution in [-0.4, -0.2) is 50.1 Å². The van der Waals surface area contributed by atoms with E-state index in [1.165, 1.54) is 4.90 Å². The molecule has 1 fully saturated rings. The number of rotatable bonds is 5. The molecule has 1 saturated heterocycles. The predicted octanol–water partition coefficient (Wildman–Crippen LogP) is 0.632. The number of hydrogen-bond acceptors (Lipinski definition) is 2. The minimum absolute atomic E-state index is 0.0163. The first-order valence-electron chi connectivity index (χ1n) is 6.80. The van der Waals surface area contributed by atoms with Crippen molar-refractivity contribution >= 4 is 17.5 Å². The van der Waals surface area contributed by atoms with E-state index in [2.05, 4.69) is 6.58 Å². The van der Waals surface area contributed by atoms with Gasteiger partial charge in [0.05, 0.1) is 37.7 Å². The number of para-hydroxylation sites is 1. The average molecular weight is 296 g/mol. The Kier molecular flexibility index (Phi) is 5.44. The molecule has 0 spiro atoms. The zero-order valence-corrected chi connectivity index (χ0v) is 12.2. The quantitative estimate of drug-likeness (QED) is 0.809. The van der Waals surface area contributed by atoms with E-state index in [0.717, 1.165) is 32.7 Å². The van der Waals surface area contributed by atoms with Gasteiger partial charge in [-0.1, -0.05) is 30.3 Å². The summed E-state index contributed by atoms with van der Waals surface area (Å²) in [4.78, 5) is 15.4. The maximum absolute atomic E-state index is 12.1. The number of carbonyl (C=O) groups is 1. The van der Waals surface area contributed by atoms with E-state index >= 15 is 0 Å². The summed E-state index contributed by atoms with van der Waals surface area (Å²) in [7, 11) is 0. The van der Waals surface area contributed by atoms with Crippen molar-refractivity contribution in [2.75, 3.05) is 39.3 Å². The Balaban J connectivity index is 1.79. The predicted molar refractivity (Wildman–Crippen MR) is 79.3 cm³/mol. The molecule has 108 valence electrons. The van der Waals surface area contributed by atoms with Gasteiger partial charge in [-0.05, 0) is 18.2 Å². The number of quaternary nitrogens is 1. The number of carbonyl (C=O) groups excluding carboxylic acids is 1.